The number of nitrogens with one attached hydrogen (secondary N) is 2. The van der Waals surface area contributed by atoms with Crippen LogP contribution in [-0.2, 0) is 10.3 Å². The number of hydrogen-bond donors (Lipinski definition) is 2. The molecule has 5 rings (SSSR count). The maximum absolute atomic E-state index is 13.2. The number of carbonyl (C=O) groups is 2. The highest BCUT2D eigenvalue weighted by atomic mass is 35.5. The van der Waals surface area contributed by atoms with Crippen molar-refractivity contribution in [1.29, 1.82) is 0 Å². The molecule has 3 amide bonds. The Morgan fingerprint density at radius 2 is 2.07 bits per heavy atom. The molecule has 2 aromatic rings. The molecule has 0 bridgehead atoms. The molecule has 30 heavy (non-hydrogen) atoms. The van der Waals surface area contributed by atoms with E-state index in [0.29, 0.717) is 35.1 Å². The topological polar surface area (TPSA) is 83.8 Å². The minimum Gasteiger partial charge on any atom is -0.450 e. The van der Waals surface area contributed by atoms with Gasteiger partial charge in [0.1, 0.15) is 5.58 Å². The molecule has 1 aromatic heterocycles. The Hall–Kier alpha value is -2.25. The fraction of sp³-hybridized carbons (Fsp3) is 0.545. The van der Waals surface area contributed by atoms with Gasteiger partial charge in [-0.15, -0.1) is 0 Å². The van der Waals surface area contributed by atoms with Gasteiger partial charge in [0.25, 0.3) is 5.91 Å². The minimum atomic E-state index is -0.510. The lowest BCUT2D eigenvalue weighted by Crippen LogP contribution is -2.52. The van der Waals surface area contributed by atoms with Crippen LogP contribution in [0.2, 0.25) is 5.02 Å². The summed E-state index contributed by atoms with van der Waals surface area (Å²) in [5, 5.41) is 7.25. The molecular formula is C22H26ClN3O4. The molecular weight excluding hydrogens is 406 g/mol. The van der Waals surface area contributed by atoms with Crippen LogP contribution in [0.4, 0.5) is 10.5 Å². The number of hydrogen-bond acceptors (Lipinski definition) is 4. The second-order valence-corrected chi connectivity index (χ2v) is 9.02. The van der Waals surface area contributed by atoms with Crippen LogP contribution in [-0.4, -0.2) is 43.1 Å². The predicted molar refractivity (Wildman–Crippen MR) is 114 cm³/mol. The maximum atomic E-state index is 13.2. The minimum absolute atomic E-state index is 0.0548. The average Bonchev–Trinajstić information content (AvgIpc) is 3.17. The summed E-state index contributed by atoms with van der Waals surface area (Å²) in [4.78, 5) is 27.3. The van der Waals surface area contributed by atoms with E-state index in [1.807, 2.05) is 0 Å². The number of fused-ring (bicyclic) bond motifs is 4. The molecule has 7 nitrogen and oxygen atoms in total. The van der Waals surface area contributed by atoms with E-state index in [9.17, 15) is 9.59 Å². The van der Waals surface area contributed by atoms with Gasteiger partial charge in [-0.25, -0.2) is 4.79 Å². The first kappa shape index (κ1) is 19.7. The third-order valence-electron chi connectivity index (χ3n) is 6.75. The summed E-state index contributed by atoms with van der Waals surface area (Å²) in [5.41, 5.74) is 1.59. The van der Waals surface area contributed by atoms with Crippen LogP contribution in [0, 0.1) is 0 Å². The summed E-state index contributed by atoms with van der Waals surface area (Å²) in [6.45, 7) is 1.25. The smallest absolute Gasteiger partial charge is 0.319 e. The van der Waals surface area contributed by atoms with Gasteiger partial charge in [0.15, 0.2) is 5.76 Å². The van der Waals surface area contributed by atoms with Crippen LogP contribution >= 0.6 is 11.6 Å². The number of urea groups is 1. The number of likely N-dealkylation sites (tertiary alicyclic amines) is 1. The molecule has 1 spiro atoms. The lowest BCUT2D eigenvalue weighted by Gasteiger charge is -2.42. The third-order valence-corrected chi connectivity index (χ3v) is 7.04. The number of piperidine rings is 1. The van der Waals surface area contributed by atoms with E-state index in [0.717, 1.165) is 55.9 Å². The Bertz CT molecular complexity index is 1010. The molecule has 1 saturated heterocycles. The van der Waals surface area contributed by atoms with E-state index in [1.54, 1.807) is 24.1 Å². The molecule has 2 aliphatic heterocycles. The van der Waals surface area contributed by atoms with Gasteiger partial charge in [0.05, 0.1) is 22.4 Å². The van der Waals surface area contributed by atoms with E-state index >= 15 is 0 Å². The van der Waals surface area contributed by atoms with Gasteiger partial charge in [-0.3, -0.25) is 4.79 Å². The number of furan rings is 1. The van der Waals surface area contributed by atoms with Crippen LogP contribution < -0.4 is 10.6 Å². The molecule has 160 valence electrons. The molecule has 1 atom stereocenters. The summed E-state index contributed by atoms with van der Waals surface area (Å²) in [5.74, 6) is 0.164. The number of methoxy groups -OCH3 is 1. The second-order valence-electron chi connectivity index (χ2n) is 8.61. The Labute approximate surface area is 180 Å². The Balaban J connectivity index is 1.59. The third kappa shape index (κ3) is 3.15. The number of amides is 3. The van der Waals surface area contributed by atoms with Gasteiger partial charge in [-0.1, -0.05) is 30.9 Å². The largest absolute Gasteiger partial charge is 0.450 e. The normalized spacial score (nSPS) is 23.2. The molecule has 3 aliphatic rings. The molecule has 2 fully saturated rings. The van der Waals surface area contributed by atoms with Crippen molar-refractivity contribution in [2.45, 2.75) is 56.6 Å². The average molecular weight is 432 g/mol. The SMILES string of the molecule is COC1CCCN(C(=O)c2cc3cc(Cl)c4c(c3o2)C2(CCCCC2)NC(=O)N4)C1. The Morgan fingerprint density at radius 3 is 2.83 bits per heavy atom. The number of ether oxygens (including phenoxy) is 1. The standard InChI is InChI=1S/C22H26ClN3O4/c1-29-14-6-5-9-26(12-14)20(27)16-11-13-10-15(23)18-17(19(13)30-16)22(25-21(28)24-18)7-3-2-4-8-22/h10-11,14H,2-9,12H2,1H3,(H2,24,25,28). The van der Waals surface area contributed by atoms with Crippen LogP contribution in [0.15, 0.2) is 16.5 Å². The fourth-order valence-corrected chi connectivity index (χ4v) is 5.52. The Kier molecular flexibility index (Phi) is 4.90. The van der Waals surface area contributed by atoms with Crippen molar-refractivity contribution in [2.75, 3.05) is 25.5 Å². The van der Waals surface area contributed by atoms with E-state index in [-0.39, 0.29) is 18.0 Å². The molecule has 8 heteroatoms. The van der Waals surface area contributed by atoms with Crippen molar-refractivity contribution in [3.05, 3.63) is 28.5 Å². The number of carbonyl (C=O) groups excluding carboxylic acids is 2. The number of benzene rings is 1. The van der Waals surface area contributed by atoms with Crippen molar-refractivity contribution in [2.24, 2.45) is 0 Å². The highest BCUT2D eigenvalue weighted by Crippen LogP contribution is 2.49. The van der Waals surface area contributed by atoms with E-state index < -0.39 is 5.54 Å². The van der Waals surface area contributed by atoms with Gasteiger partial charge in [0.2, 0.25) is 0 Å². The summed E-state index contributed by atoms with van der Waals surface area (Å²) >= 11 is 6.57. The van der Waals surface area contributed by atoms with Gasteiger partial charge < -0.3 is 24.7 Å². The Morgan fingerprint density at radius 1 is 1.27 bits per heavy atom. The van der Waals surface area contributed by atoms with Gasteiger partial charge in [0, 0.05) is 31.1 Å². The maximum Gasteiger partial charge on any atom is 0.319 e. The molecule has 3 heterocycles. The van der Waals surface area contributed by atoms with Gasteiger partial charge in [-0.05, 0) is 37.8 Å². The monoisotopic (exact) mass is 431 g/mol. The first-order valence-corrected chi connectivity index (χ1v) is 11.1. The molecule has 1 aromatic carbocycles. The van der Waals surface area contributed by atoms with Crippen LogP contribution in [0.1, 0.15) is 61.1 Å². The number of anilines is 1. The van der Waals surface area contributed by atoms with Crippen LogP contribution in [0.25, 0.3) is 11.0 Å². The summed E-state index contributed by atoms with van der Waals surface area (Å²) in [6.07, 6.45) is 6.75. The lowest BCUT2D eigenvalue weighted by atomic mass is 9.74. The first-order valence-electron chi connectivity index (χ1n) is 10.7. The zero-order valence-electron chi connectivity index (χ0n) is 17.1. The molecule has 1 aliphatic carbocycles. The van der Waals surface area contributed by atoms with E-state index in [4.69, 9.17) is 20.8 Å². The van der Waals surface area contributed by atoms with Crippen molar-refractivity contribution in [3.8, 4) is 0 Å². The first-order chi connectivity index (χ1) is 14.5. The lowest BCUT2D eigenvalue weighted by molar-refractivity contribution is 0.0253. The van der Waals surface area contributed by atoms with E-state index in [2.05, 4.69) is 10.6 Å². The molecule has 1 saturated carbocycles. The zero-order chi connectivity index (χ0) is 20.9. The summed E-state index contributed by atoms with van der Waals surface area (Å²) in [7, 11) is 1.68. The highest BCUT2D eigenvalue weighted by molar-refractivity contribution is 6.35. The highest BCUT2D eigenvalue weighted by Gasteiger charge is 2.44. The van der Waals surface area contributed by atoms with Crippen LogP contribution in [0.3, 0.4) is 0 Å². The second kappa shape index (κ2) is 7.46. The van der Waals surface area contributed by atoms with Gasteiger partial charge >= 0.3 is 6.03 Å². The van der Waals surface area contributed by atoms with Crippen molar-refractivity contribution < 1.29 is 18.7 Å². The number of halogens is 1. The van der Waals surface area contributed by atoms with Crippen molar-refractivity contribution >= 4 is 40.2 Å². The summed E-state index contributed by atoms with van der Waals surface area (Å²) < 4.78 is 11.6. The zero-order valence-corrected chi connectivity index (χ0v) is 17.8. The molecule has 1 unspecified atom stereocenters. The van der Waals surface area contributed by atoms with Gasteiger partial charge in [-0.2, -0.15) is 0 Å². The van der Waals surface area contributed by atoms with Crippen LogP contribution in [0.5, 0.6) is 0 Å². The van der Waals surface area contributed by atoms with Crippen molar-refractivity contribution in [3.63, 3.8) is 0 Å². The van der Waals surface area contributed by atoms with Crippen molar-refractivity contribution in [1.82, 2.24) is 10.2 Å². The van der Waals surface area contributed by atoms with E-state index in [1.165, 1.54) is 0 Å². The molecule has 2 N–H and O–H groups in total. The number of nitrogens with zero attached hydrogens (tertiary/aromatic N) is 1. The quantitative estimate of drug-likeness (QED) is 0.726. The predicted octanol–water partition coefficient (Wildman–Crippen LogP) is 4.63. The summed E-state index contributed by atoms with van der Waals surface area (Å²) in [6, 6.07) is 3.30. The number of rotatable bonds is 2. The molecule has 0 radical (unpaired) electrons. The fourth-order valence-electron chi connectivity index (χ4n) is 5.26.